The maximum absolute atomic E-state index is 10.8. The molecule has 2 aliphatic carbocycles. The second-order valence-corrected chi connectivity index (χ2v) is 10.4. The lowest BCUT2D eigenvalue weighted by molar-refractivity contribution is -0.439. The van der Waals surface area contributed by atoms with Crippen LogP contribution in [0.1, 0.15) is 58.8 Å². The highest BCUT2D eigenvalue weighted by molar-refractivity contribution is 5.91. The van der Waals surface area contributed by atoms with Gasteiger partial charge < -0.3 is 46.2 Å². The standard InChI is InChI=1S/C15H30N2.C8H8O9/c1-10-7-12(3-5-14(10)16)9-13-4-6-15(17)11(2)8-13;9-5(10)1-2(6(11)12)4(8(15)16)17-3(1)7(13)14/h10-15H,3-9,16-17H2,1-2H3;1-4H,(H,9,10)(H,11,12)(H,13,14)(H,15,16). The lowest BCUT2D eigenvalue weighted by Gasteiger charge is -2.35. The first-order chi connectivity index (χ1) is 15.8. The van der Waals surface area contributed by atoms with Gasteiger partial charge in [-0.1, -0.05) is 13.8 Å². The number of hydrogen-bond donors (Lipinski definition) is 4. The molecule has 11 nitrogen and oxygen atoms in total. The van der Waals surface area contributed by atoms with E-state index in [4.69, 9.17) is 10.2 Å². The van der Waals surface area contributed by atoms with E-state index in [2.05, 4.69) is 30.1 Å². The van der Waals surface area contributed by atoms with Crippen molar-refractivity contribution in [2.75, 3.05) is 0 Å². The Kier molecular flexibility index (Phi) is 9.84. The highest BCUT2D eigenvalue weighted by Crippen LogP contribution is 2.37. The first kappa shape index (κ1) is 28.0. The summed E-state index contributed by atoms with van der Waals surface area (Å²) in [6.45, 7) is 4.80. The van der Waals surface area contributed by atoms with Gasteiger partial charge in [0.05, 0.1) is 18.1 Å². The minimum atomic E-state index is -2.16. The summed E-state index contributed by atoms with van der Waals surface area (Å²) in [5.74, 6) is -8.03. The summed E-state index contributed by atoms with van der Waals surface area (Å²) in [5, 5.41) is 38.5. The van der Waals surface area contributed by atoms with Gasteiger partial charge in [-0.2, -0.15) is 0 Å². The van der Waals surface area contributed by atoms with Crippen molar-refractivity contribution in [3.8, 4) is 0 Å². The van der Waals surface area contributed by atoms with Crippen LogP contribution in [0.5, 0.6) is 0 Å². The van der Waals surface area contributed by atoms with E-state index in [1.807, 2.05) is 0 Å². The van der Waals surface area contributed by atoms with Crippen molar-refractivity contribution in [2.45, 2.75) is 83.1 Å². The predicted octanol–water partition coefficient (Wildman–Crippen LogP) is -2.87. The number of carbonyl (C=O) groups is 4. The van der Waals surface area contributed by atoms with Gasteiger partial charge in [0.15, 0.2) is 6.10 Å². The van der Waals surface area contributed by atoms with E-state index in [0.717, 1.165) is 35.8 Å². The Morgan fingerprint density at radius 1 is 0.765 bits per heavy atom. The van der Waals surface area contributed by atoms with Crippen LogP contribution < -0.4 is 21.7 Å². The van der Waals surface area contributed by atoms with Crippen molar-refractivity contribution in [2.24, 2.45) is 35.5 Å². The number of ether oxygens (including phenoxy) is 1. The molecule has 0 aromatic rings. The summed E-state index contributed by atoms with van der Waals surface area (Å²) in [4.78, 5) is 42.6. The third-order valence-electron chi connectivity index (χ3n) is 7.94. The van der Waals surface area contributed by atoms with Crippen molar-refractivity contribution >= 4 is 23.9 Å². The van der Waals surface area contributed by atoms with Crippen molar-refractivity contribution in [3.05, 3.63) is 0 Å². The fourth-order valence-corrected chi connectivity index (χ4v) is 5.71. The summed E-state index contributed by atoms with van der Waals surface area (Å²) in [6, 6.07) is 1.45. The fourth-order valence-electron chi connectivity index (χ4n) is 5.71. The second kappa shape index (κ2) is 11.9. The molecule has 1 saturated heterocycles. The van der Waals surface area contributed by atoms with Crippen molar-refractivity contribution in [3.63, 3.8) is 0 Å². The quantitative estimate of drug-likeness (QED) is 0.302. The number of hydrogen-bond acceptors (Lipinski definition) is 7. The molecule has 8 N–H and O–H groups in total. The molecule has 3 rings (SSSR count). The molecule has 0 amide bonds. The largest absolute Gasteiger partial charge is 0.550 e. The average Bonchev–Trinajstić information content (AvgIpc) is 3.16. The summed E-state index contributed by atoms with van der Waals surface area (Å²) in [7, 11) is 0. The Hall–Kier alpha value is -2.24. The van der Waals surface area contributed by atoms with E-state index < -0.39 is 47.9 Å². The van der Waals surface area contributed by atoms with Crippen molar-refractivity contribution in [1.82, 2.24) is 0 Å². The topological polar surface area (TPSA) is 219 Å². The Morgan fingerprint density at radius 3 is 1.56 bits per heavy atom. The van der Waals surface area contributed by atoms with Crippen LogP contribution in [0.2, 0.25) is 0 Å². The smallest absolute Gasteiger partial charge is 0.333 e. The molecule has 1 heterocycles. The van der Waals surface area contributed by atoms with E-state index in [1.165, 1.54) is 44.9 Å². The van der Waals surface area contributed by atoms with Crippen LogP contribution in [-0.2, 0) is 23.9 Å². The third-order valence-corrected chi connectivity index (χ3v) is 7.94. The molecule has 34 heavy (non-hydrogen) atoms. The lowest BCUT2D eigenvalue weighted by Crippen LogP contribution is -2.65. The first-order valence-corrected chi connectivity index (χ1v) is 12.0. The van der Waals surface area contributed by atoms with Crippen LogP contribution in [0.3, 0.4) is 0 Å². The lowest BCUT2D eigenvalue weighted by atomic mass is 9.71. The van der Waals surface area contributed by atoms with E-state index in [-0.39, 0.29) is 0 Å². The number of carboxylic acids is 4. The van der Waals surface area contributed by atoms with Crippen molar-refractivity contribution in [1.29, 1.82) is 0 Å². The predicted molar refractivity (Wildman–Crippen MR) is 112 cm³/mol. The summed E-state index contributed by atoms with van der Waals surface area (Å²) in [5.41, 5.74) is 8.55. The molecule has 10 atom stereocenters. The number of carbonyl (C=O) groups excluding carboxylic acids is 2. The zero-order valence-electron chi connectivity index (χ0n) is 19.9. The van der Waals surface area contributed by atoms with Crippen LogP contribution in [0, 0.1) is 35.5 Å². The summed E-state index contributed by atoms with van der Waals surface area (Å²) in [6.07, 6.45) is 5.75. The molecule has 1 aliphatic heterocycles. The Morgan fingerprint density at radius 2 is 1.24 bits per heavy atom. The monoisotopic (exact) mass is 486 g/mol. The van der Waals surface area contributed by atoms with Gasteiger partial charge in [0.1, 0.15) is 12.0 Å². The van der Waals surface area contributed by atoms with Crippen LogP contribution >= 0.6 is 0 Å². The Bertz CT molecular complexity index is 701. The van der Waals surface area contributed by atoms with Gasteiger partial charge in [0.25, 0.3) is 0 Å². The molecule has 0 spiro atoms. The van der Waals surface area contributed by atoms with Gasteiger partial charge in [-0.3, -0.25) is 4.79 Å². The second-order valence-electron chi connectivity index (χ2n) is 10.4. The zero-order chi connectivity index (χ0) is 25.7. The van der Waals surface area contributed by atoms with Crippen LogP contribution in [-0.4, -0.2) is 58.4 Å². The SMILES string of the molecule is CC1CC(CC2CCC([NH3+])C(C)C2)CCC1[NH3+].O=C([O-])C1OC(C(=O)O)C(C(=O)O)C1C(=O)[O-]. The van der Waals surface area contributed by atoms with Crippen LogP contribution in [0.15, 0.2) is 0 Å². The maximum atomic E-state index is 10.8. The molecule has 3 fully saturated rings. The molecule has 11 heteroatoms. The van der Waals surface area contributed by atoms with E-state index in [9.17, 15) is 29.4 Å². The summed E-state index contributed by atoms with van der Waals surface area (Å²) >= 11 is 0. The summed E-state index contributed by atoms with van der Waals surface area (Å²) < 4.78 is 4.37. The average molecular weight is 487 g/mol. The van der Waals surface area contributed by atoms with Crippen LogP contribution in [0.4, 0.5) is 0 Å². The molecular formula is C23H38N2O9. The molecule has 194 valence electrons. The Labute approximate surface area is 198 Å². The first-order valence-electron chi connectivity index (χ1n) is 12.0. The van der Waals surface area contributed by atoms with Gasteiger partial charge in [-0.25, -0.2) is 4.79 Å². The fraction of sp³-hybridized carbons (Fsp3) is 0.826. The molecule has 0 aromatic heterocycles. The highest BCUT2D eigenvalue weighted by Gasteiger charge is 2.53. The van der Waals surface area contributed by atoms with Gasteiger partial charge in [-0.15, -0.1) is 0 Å². The molecule has 0 aromatic carbocycles. The molecule has 10 unspecified atom stereocenters. The number of quaternary nitrogens is 2. The minimum absolute atomic E-state index is 0.723. The van der Waals surface area contributed by atoms with E-state index in [0.29, 0.717) is 0 Å². The molecule has 0 bridgehead atoms. The number of rotatable bonds is 6. The van der Waals surface area contributed by atoms with Crippen LogP contribution in [0.25, 0.3) is 0 Å². The van der Waals surface area contributed by atoms with E-state index in [1.54, 1.807) is 0 Å². The number of carboxylic acid groups (broad SMARTS) is 4. The van der Waals surface area contributed by atoms with Gasteiger partial charge >= 0.3 is 11.9 Å². The third kappa shape index (κ3) is 6.89. The minimum Gasteiger partial charge on any atom is -0.550 e. The molecular weight excluding hydrogens is 448 g/mol. The molecule has 0 radical (unpaired) electrons. The van der Waals surface area contributed by atoms with Gasteiger partial charge in [0, 0.05) is 23.7 Å². The maximum Gasteiger partial charge on any atom is 0.333 e. The van der Waals surface area contributed by atoms with Gasteiger partial charge in [-0.05, 0) is 56.8 Å². The zero-order valence-corrected chi connectivity index (χ0v) is 19.9. The normalized spacial score (nSPS) is 40.0. The van der Waals surface area contributed by atoms with Crippen molar-refractivity contribution < 1.29 is 55.8 Å². The molecule has 3 aliphatic rings. The van der Waals surface area contributed by atoms with Gasteiger partial charge in [0.2, 0.25) is 0 Å². The Balaban J connectivity index is 0.000000240. The van der Waals surface area contributed by atoms with E-state index >= 15 is 0 Å². The number of aliphatic carboxylic acids is 4. The molecule has 2 saturated carbocycles. The highest BCUT2D eigenvalue weighted by atomic mass is 16.6.